The molecule has 0 aliphatic rings. The molecule has 0 saturated heterocycles. The number of fused-ring (bicyclic) bond motifs is 1. The third-order valence-electron chi connectivity index (χ3n) is 3.86. The maximum absolute atomic E-state index is 13.2. The summed E-state index contributed by atoms with van der Waals surface area (Å²) in [5, 5.41) is 2.82. The fourth-order valence-electron chi connectivity index (χ4n) is 2.62. The predicted octanol–water partition coefficient (Wildman–Crippen LogP) is 4.36. The van der Waals surface area contributed by atoms with Gasteiger partial charge in [0.15, 0.2) is 0 Å². The minimum atomic E-state index is -0.311. The number of pyridine rings is 1. The number of hydrogen-bond donors (Lipinski definition) is 0. The molecule has 0 spiro atoms. The average Bonchev–Trinajstić information content (AvgIpc) is 3.05. The normalized spacial score (nSPS) is 11.1. The van der Waals surface area contributed by atoms with Crippen molar-refractivity contribution in [3.8, 4) is 11.1 Å². The molecule has 4 nitrogen and oxygen atoms in total. The molecule has 0 N–H and O–H groups in total. The first-order valence-electron chi connectivity index (χ1n) is 7.45. The van der Waals surface area contributed by atoms with Crippen LogP contribution >= 0.6 is 22.9 Å². The van der Waals surface area contributed by atoms with Gasteiger partial charge in [-0.2, -0.15) is 0 Å². The van der Waals surface area contributed by atoms with Crippen molar-refractivity contribution in [1.82, 2.24) is 14.5 Å². The molecule has 25 heavy (non-hydrogen) atoms. The van der Waals surface area contributed by atoms with Crippen molar-refractivity contribution < 1.29 is 4.39 Å². The first-order chi connectivity index (χ1) is 12.1. The molecule has 0 fully saturated rings. The lowest BCUT2D eigenvalue weighted by molar-refractivity contribution is 0.628. The van der Waals surface area contributed by atoms with Gasteiger partial charge in [-0.15, -0.1) is 11.3 Å². The van der Waals surface area contributed by atoms with Gasteiger partial charge in [-0.05, 0) is 29.3 Å². The van der Waals surface area contributed by atoms with Gasteiger partial charge in [0.1, 0.15) is 15.8 Å². The van der Waals surface area contributed by atoms with Crippen molar-refractivity contribution in [3.05, 3.63) is 81.2 Å². The number of aromatic nitrogens is 3. The minimum absolute atomic E-state index is 0.138. The van der Waals surface area contributed by atoms with E-state index in [1.165, 1.54) is 34.4 Å². The summed E-state index contributed by atoms with van der Waals surface area (Å²) >= 11 is 7.19. The first-order valence-corrected chi connectivity index (χ1v) is 8.70. The Labute approximate surface area is 151 Å². The van der Waals surface area contributed by atoms with Crippen LogP contribution in [0.15, 0.2) is 59.1 Å². The molecule has 0 bridgehead atoms. The van der Waals surface area contributed by atoms with Crippen molar-refractivity contribution in [2.24, 2.45) is 0 Å². The van der Waals surface area contributed by atoms with Crippen LogP contribution in [0.3, 0.4) is 0 Å². The van der Waals surface area contributed by atoms with E-state index in [4.69, 9.17) is 11.6 Å². The smallest absolute Gasteiger partial charge is 0.263 e. The molecule has 124 valence electrons. The van der Waals surface area contributed by atoms with E-state index in [1.54, 1.807) is 24.4 Å². The van der Waals surface area contributed by atoms with Crippen LogP contribution in [0.1, 0.15) is 5.56 Å². The molecular formula is C18H11ClFN3OS. The molecule has 0 aliphatic carbocycles. The zero-order valence-electron chi connectivity index (χ0n) is 12.8. The zero-order chi connectivity index (χ0) is 17.4. The second kappa shape index (κ2) is 6.38. The van der Waals surface area contributed by atoms with Gasteiger partial charge in [-0.3, -0.25) is 9.36 Å². The van der Waals surface area contributed by atoms with Crippen molar-refractivity contribution in [3.63, 3.8) is 0 Å². The van der Waals surface area contributed by atoms with Gasteiger partial charge >= 0.3 is 0 Å². The van der Waals surface area contributed by atoms with E-state index in [-0.39, 0.29) is 11.4 Å². The fraction of sp³-hybridized carbons (Fsp3) is 0.0556. The highest BCUT2D eigenvalue weighted by Gasteiger charge is 2.13. The highest BCUT2D eigenvalue weighted by Crippen LogP contribution is 2.30. The van der Waals surface area contributed by atoms with Crippen LogP contribution < -0.4 is 5.56 Å². The Morgan fingerprint density at radius 1 is 1.12 bits per heavy atom. The Balaban J connectivity index is 1.81. The minimum Gasteiger partial charge on any atom is -0.294 e. The first kappa shape index (κ1) is 15.9. The Kier molecular flexibility index (Phi) is 4.07. The van der Waals surface area contributed by atoms with Crippen LogP contribution in [0.25, 0.3) is 21.3 Å². The van der Waals surface area contributed by atoms with E-state index in [0.29, 0.717) is 21.9 Å². The maximum Gasteiger partial charge on any atom is 0.263 e. The molecule has 1 aromatic carbocycles. The summed E-state index contributed by atoms with van der Waals surface area (Å²) in [5.41, 5.74) is 2.27. The van der Waals surface area contributed by atoms with Gasteiger partial charge in [0.25, 0.3) is 5.56 Å². The maximum atomic E-state index is 13.2. The summed E-state index contributed by atoms with van der Waals surface area (Å²) in [5.74, 6) is -0.311. The average molecular weight is 372 g/mol. The molecule has 0 radical (unpaired) electrons. The molecule has 3 aromatic heterocycles. The Bertz CT molecular complexity index is 1100. The number of nitrogens with zero attached hydrogens (tertiary/aromatic N) is 3. The molecule has 0 atom stereocenters. The summed E-state index contributed by atoms with van der Waals surface area (Å²) in [6.07, 6.45) is 3.16. The molecule has 0 saturated carbocycles. The quantitative estimate of drug-likeness (QED) is 0.503. The molecule has 0 amide bonds. The van der Waals surface area contributed by atoms with E-state index in [2.05, 4.69) is 9.97 Å². The third-order valence-corrected chi connectivity index (χ3v) is 4.97. The zero-order valence-corrected chi connectivity index (χ0v) is 14.4. The van der Waals surface area contributed by atoms with Crippen LogP contribution in [0.4, 0.5) is 4.39 Å². The van der Waals surface area contributed by atoms with Crippen molar-refractivity contribution in [1.29, 1.82) is 0 Å². The summed E-state index contributed by atoms with van der Waals surface area (Å²) in [7, 11) is 0. The van der Waals surface area contributed by atoms with E-state index < -0.39 is 0 Å². The van der Waals surface area contributed by atoms with Crippen LogP contribution in [-0.2, 0) is 6.54 Å². The molecule has 0 unspecified atom stereocenters. The second-order valence-electron chi connectivity index (χ2n) is 5.50. The lowest BCUT2D eigenvalue weighted by atomic mass is 10.1. The van der Waals surface area contributed by atoms with Gasteiger partial charge in [0.2, 0.25) is 0 Å². The van der Waals surface area contributed by atoms with Gasteiger partial charge in [0.05, 0.1) is 18.3 Å². The molecular weight excluding hydrogens is 361 g/mol. The van der Waals surface area contributed by atoms with Crippen molar-refractivity contribution in [2.45, 2.75) is 6.54 Å². The SMILES string of the molecule is O=c1c2c(-c3ccc(F)cc3)csc2ncn1Cc1ccc(Cl)nc1. The monoisotopic (exact) mass is 371 g/mol. The van der Waals surface area contributed by atoms with Gasteiger partial charge < -0.3 is 0 Å². The van der Waals surface area contributed by atoms with E-state index in [9.17, 15) is 9.18 Å². The van der Waals surface area contributed by atoms with E-state index >= 15 is 0 Å². The van der Waals surface area contributed by atoms with Crippen molar-refractivity contribution in [2.75, 3.05) is 0 Å². The Morgan fingerprint density at radius 3 is 2.64 bits per heavy atom. The number of rotatable bonds is 3. The van der Waals surface area contributed by atoms with Crippen LogP contribution in [0.5, 0.6) is 0 Å². The fourth-order valence-corrected chi connectivity index (χ4v) is 3.64. The number of thiophene rings is 1. The summed E-state index contributed by atoms with van der Waals surface area (Å²) in [6.45, 7) is 0.352. The topological polar surface area (TPSA) is 47.8 Å². The highest BCUT2D eigenvalue weighted by atomic mass is 35.5. The largest absolute Gasteiger partial charge is 0.294 e. The second-order valence-corrected chi connectivity index (χ2v) is 6.75. The molecule has 7 heteroatoms. The Hall–Kier alpha value is -2.57. The number of halogens is 2. The molecule has 3 heterocycles. The van der Waals surface area contributed by atoms with Crippen LogP contribution in [-0.4, -0.2) is 14.5 Å². The molecule has 4 rings (SSSR count). The van der Waals surface area contributed by atoms with Crippen molar-refractivity contribution >= 4 is 33.2 Å². The van der Waals surface area contributed by atoms with E-state index in [1.807, 2.05) is 11.4 Å². The standard InChI is InChI=1S/C18H11ClFN3OS/c19-15-6-1-11(7-21-15)8-23-10-22-17-16(18(23)24)14(9-25-17)12-2-4-13(20)5-3-12/h1-7,9-10H,8H2. The number of hydrogen-bond acceptors (Lipinski definition) is 4. The van der Waals surface area contributed by atoms with Gasteiger partial charge in [-0.1, -0.05) is 29.8 Å². The third kappa shape index (κ3) is 3.06. The number of benzene rings is 1. The summed E-state index contributed by atoms with van der Waals surface area (Å²) in [6, 6.07) is 9.59. The summed E-state index contributed by atoms with van der Waals surface area (Å²) in [4.78, 5) is 22.0. The van der Waals surface area contributed by atoms with E-state index in [0.717, 1.165) is 16.7 Å². The van der Waals surface area contributed by atoms with Crippen LogP contribution in [0, 0.1) is 5.82 Å². The molecule has 0 aliphatic heterocycles. The van der Waals surface area contributed by atoms with Gasteiger partial charge in [0, 0.05) is 17.1 Å². The summed E-state index contributed by atoms with van der Waals surface area (Å²) < 4.78 is 14.7. The lowest BCUT2D eigenvalue weighted by Crippen LogP contribution is -2.21. The predicted molar refractivity (Wildman–Crippen MR) is 97.6 cm³/mol. The van der Waals surface area contributed by atoms with Gasteiger partial charge in [-0.25, -0.2) is 14.4 Å². The van der Waals surface area contributed by atoms with Crippen LogP contribution in [0.2, 0.25) is 5.15 Å². The lowest BCUT2D eigenvalue weighted by Gasteiger charge is -2.06. The Morgan fingerprint density at radius 2 is 1.92 bits per heavy atom. The highest BCUT2D eigenvalue weighted by molar-refractivity contribution is 7.17. The molecule has 4 aromatic rings.